The molecule has 0 radical (unpaired) electrons. The molecule has 0 bridgehead atoms. The van der Waals surface area contributed by atoms with Crippen molar-refractivity contribution in [3.05, 3.63) is 35.9 Å². The lowest BCUT2D eigenvalue weighted by Gasteiger charge is -2.19. The van der Waals surface area contributed by atoms with Gasteiger partial charge in [-0.25, -0.2) is 4.57 Å². The SMILES string of the molecule is CCOP(=O)(OCC)OC(C#N)CCc1ccccc1. The largest absolute Gasteiger partial charge is 0.476 e. The Kier molecular flexibility index (Phi) is 7.50. The number of nitrogens with zero attached hydrogens (tertiary/aromatic N) is 1. The Bertz CT molecular complexity index is 462. The molecule has 6 heteroatoms. The molecule has 110 valence electrons. The predicted molar refractivity (Wildman–Crippen MR) is 76.1 cm³/mol. The van der Waals surface area contributed by atoms with E-state index in [0.29, 0.717) is 12.8 Å². The van der Waals surface area contributed by atoms with E-state index in [4.69, 9.17) is 18.8 Å². The van der Waals surface area contributed by atoms with Gasteiger partial charge in [-0.15, -0.1) is 0 Å². The van der Waals surface area contributed by atoms with Crippen LogP contribution in [-0.4, -0.2) is 19.3 Å². The van der Waals surface area contributed by atoms with Gasteiger partial charge in [0.2, 0.25) is 0 Å². The van der Waals surface area contributed by atoms with Gasteiger partial charge in [-0.1, -0.05) is 30.3 Å². The van der Waals surface area contributed by atoms with Crippen LogP contribution in [0, 0.1) is 11.3 Å². The van der Waals surface area contributed by atoms with Crippen LogP contribution in [0.3, 0.4) is 0 Å². The van der Waals surface area contributed by atoms with Gasteiger partial charge in [-0.05, 0) is 32.3 Å². The normalized spacial score (nSPS) is 12.8. The minimum absolute atomic E-state index is 0.202. The van der Waals surface area contributed by atoms with Crippen molar-refractivity contribution in [1.29, 1.82) is 5.26 Å². The van der Waals surface area contributed by atoms with Crippen LogP contribution >= 0.6 is 7.82 Å². The van der Waals surface area contributed by atoms with Gasteiger partial charge in [0, 0.05) is 0 Å². The van der Waals surface area contributed by atoms with Crippen LogP contribution in [0.25, 0.3) is 0 Å². The van der Waals surface area contributed by atoms with Crippen molar-refractivity contribution in [2.45, 2.75) is 32.8 Å². The Morgan fingerprint density at radius 1 is 1.20 bits per heavy atom. The van der Waals surface area contributed by atoms with Crippen LogP contribution in [-0.2, 0) is 24.6 Å². The molecule has 0 aromatic heterocycles. The second kappa shape index (κ2) is 8.89. The van der Waals surface area contributed by atoms with Crippen molar-refractivity contribution in [3.8, 4) is 6.07 Å². The first-order valence-electron chi connectivity index (χ1n) is 6.64. The van der Waals surface area contributed by atoms with Crippen LogP contribution < -0.4 is 0 Å². The highest BCUT2D eigenvalue weighted by Gasteiger charge is 2.29. The lowest BCUT2D eigenvalue weighted by atomic mass is 10.1. The third kappa shape index (κ3) is 5.85. The molecular formula is C14H20NO4P. The quantitative estimate of drug-likeness (QED) is 0.650. The smallest absolute Gasteiger partial charge is 0.287 e. The molecule has 1 atom stereocenters. The van der Waals surface area contributed by atoms with Crippen molar-refractivity contribution in [3.63, 3.8) is 0 Å². The molecule has 0 aliphatic heterocycles. The van der Waals surface area contributed by atoms with E-state index < -0.39 is 13.9 Å². The second-order valence-electron chi connectivity index (χ2n) is 4.03. The number of aryl methyl sites for hydroxylation is 1. The first kappa shape index (κ1) is 16.9. The summed E-state index contributed by atoms with van der Waals surface area (Å²) < 4.78 is 27.4. The molecule has 1 aromatic carbocycles. The second-order valence-corrected chi connectivity index (χ2v) is 5.65. The van der Waals surface area contributed by atoms with Gasteiger partial charge < -0.3 is 0 Å². The zero-order chi connectivity index (χ0) is 14.8. The zero-order valence-corrected chi connectivity index (χ0v) is 12.7. The molecule has 0 aliphatic rings. The molecule has 0 aliphatic carbocycles. The highest BCUT2D eigenvalue weighted by molar-refractivity contribution is 7.48. The van der Waals surface area contributed by atoms with Gasteiger partial charge in [-0.2, -0.15) is 5.26 Å². The standard InChI is InChI=1S/C14H20NO4P/c1-3-17-20(16,18-4-2)19-14(12-15)11-10-13-8-6-5-7-9-13/h5-9,14H,3-4,10-11H2,1-2H3. The number of hydrogen-bond donors (Lipinski definition) is 0. The first-order chi connectivity index (χ1) is 9.63. The number of nitriles is 1. The van der Waals surface area contributed by atoms with Gasteiger partial charge in [0.05, 0.1) is 19.3 Å². The molecule has 0 spiro atoms. The first-order valence-corrected chi connectivity index (χ1v) is 8.10. The van der Waals surface area contributed by atoms with Gasteiger partial charge in [0.25, 0.3) is 0 Å². The molecular weight excluding hydrogens is 277 g/mol. The van der Waals surface area contributed by atoms with Crippen molar-refractivity contribution < 1.29 is 18.1 Å². The summed E-state index contributed by atoms with van der Waals surface area (Å²) in [6, 6.07) is 11.7. The number of hydrogen-bond acceptors (Lipinski definition) is 5. The summed E-state index contributed by atoms with van der Waals surface area (Å²) in [5, 5.41) is 9.10. The fourth-order valence-corrected chi connectivity index (χ4v) is 2.95. The summed E-state index contributed by atoms with van der Waals surface area (Å²) in [7, 11) is -3.64. The Balaban J connectivity index is 2.57. The summed E-state index contributed by atoms with van der Waals surface area (Å²) in [5.41, 5.74) is 1.10. The van der Waals surface area contributed by atoms with Crippen molar-refractivity contribution in [2.75, 3.05) is 13.2 Å². The molecule has 1 aromatic rings. The van der Waals surface area contributed by atoms with Crippen LogP contribution in [0.2, 0.25) is 0 Å². The summed E-state index contributed by atoms with van der Waals surface area (Å²) in [4.78, 5) is 0. The van der Waals surface area contributed by atoms with E-state index in [0.717, 1.165) is 5.56 Å². The van der Waals surface area contributed by atoms with Crippen LogP contribution in [0.4, 0.5) is 0 Å². The maximum atomic E-state index is 12.2. The Hall–Kier alpha value is -1.18. The third-order valence-corrected chi connectivity index (χ3v) is 4.17. The molecule has 0 heterocycles. The minimum Gasteiger partial charge on any atom is -0.287 e. The number of benzene rings is 1. The third-order valence-electron chi connectivity index (χ3n) is 2.51. The van der Waals surface area contributed by atoms with Crippen molar-refractivity contribution in [2.24, 2.45) is 0 Å². The average molecular weight is 297 g/mol. The fourth-order valence-electron chi connectivity index (χ4n) is 1.65. The average Bonchev–Trinajstić information content (AvgIpc) is 2.45. The molecule has 0 amide bonds. The fraction of sp³-hybridized carbons (Fsp3) is 0.500. The van der Waals surface area contributed by atoms with Gasteiger partial charge in [0.15, 0.2) is 6.10 Å². The Morgan fingerprint density at radius 3 is 2.30 bits per heavy atom. The summed E-state index contributed by atoms with van der Waals surface area (Å²) in [6.07, 6.45) is 0.279. The van der Waals surface area contributed by atoms with E-state index in [-0.39, 0.29) is 13.2 Å². The summed E-state index contributed by atoms with van der Waals surface area (Å²) in [6.45, 7) is 3.79. The monoisotopic (exact) mass is 297 g/mol. The highest BCUT2D eigenvalue weighted by Crippen LogP contribution is 2.50. The van der Waals surface area contributed by atoms with Crippen molar-refractivity contribution in [1.82, 2.24) is 0 Å². The summed E-state index contributed by atoms with van der Waals surface area (Å²) >= 11 is 0. The molecule has 0 N–H and O–H groups in total. The topological polar surface area (TPSA) is 68.6 Å². The maximum Gasteiger partial charge on any atom is 0.476 e. The lowest BCUT2D eigenvalue weighted by molar-refractivity contribution is 0.100. The molecule has 20 heavy (non-hydrogen) atoms. The molecule has 5 nitrogen and oxygen atoms in total. The number of phosphoric ester groups is 1. The van der Waals surface area contributed by atoms with Gasteiger partial charge in [0.1, 0.15) is 0 Å². The molecule has 1 unspecified atom stereocenters. The Labute approximate surface area is 120 Å². The van der Waals surface area contributed by atoms with Crippen LogP contribution in [0.1, 0.15) is 25.8 Å². The van der Waals surface area contributed by atoms with Crippen molar-refractivity contribution >= 4 is 7.82 Å². The Morgan fingerprint density at radius 2 is 1.80 bits per heavy atom. The zero-order valence-electron chi connectivity index (χ0n) is 11.8. The minimum atomic E-state index is -3.64. The molecule has 0 saturated carbocycles. The highest BCUT2D eigenvalue weighted by atomic mass is 31.2. The maximum absolute atomic E-state index is 12.2. The number of phosphoric acid groups is 1. The number of rotatable bonds is 9. The van der Waals surface area contributed by atoms with E-state index in [9.17, 15) is 4.57 Å². The van der Waals surface area contributed by atoms with E-state index >= 15 is 0 Å². The lowest BCUT2D eigenvalue weighted by Crippen LogP contribution is -2.13. The van der Waals surface area contributed by atoms with Crippen LogP contribution in [0.15, 0.2) is 30.3 Å². The summed E-state index contributed by atoms with van der Waals surface area (Å²) in [5.74, 6) is 0. The van der Waals surface area contributed by atoms with E-state index in [1.807, 2.05) is 36.4 Å². The van der Waals surface area contributed by atoms with E-state index in [1.54, 1.807) is 13.8 Å². The van der Waals surface area contributed by atoms with E-state index in [1.165, 1.54) is 0 Å². The van der Waals surface area contributed by atoms with E-state index in [2.05, 4.69) is 0 Å². The molecule has 1 rings (SSSR count). The molecule has 0 fully saturated rings. The van der Waals surface area contributed by atoms with Gasteiger partial charge >= 0.3 is 7.82 Å². The molecule has 0 saturated heterocycles. The van der Waals surface area contributed by atoms with Gasteiger partial charge in [-0.3, -0.25) is 13.6 Å². The predicted octanol–water partition coefficient (Wildman–Crippen LogP) is 3.71. The van der Waals surface area contributed by atoms with Crippen LogP contribution in [0.5, 0.6) is 0 Å².